The van der Waals surface area contributed by atoms with E-state index in [1.165, 1.54) is 0 Å². The van der Waals surface area contributed by atoms with Crippen molar-refractivity contribution in [2.45, 2.75) is 20.3 Å². The third-order valence-corrected chi connectivity index (χ3v) is 2.45. The first-order chi connectivity index (χ1) is 9.36. The lowest BCUT2D eigenvalue weighted by atomic mass is 10.3. The molecule has 0 aliphatic heterocycles. The number of hydrogen-bond acceptors (Lipinski definition) is 3. The summed E-state index contributed by atoms with van der Waals surface area (Å²) in [5, 5.41) is 6.50. The Morgan fingerprint density at radius 2 is 2.15 bits per heavy atom. The number of rotatable bonds is 8. The third kappa shape index (κ3) is 9.08. The summed E-state index contributed by atoms with van der Waals surface area (Å²) in [4.78, 5) is 8.72. The first-order valence-corrected chi connectivity index (χ1v) is 6.86. The zero-order valence-corrected chi connectivity index (χ0v) is 14.6. The molecule has 0 radical (unpaired) electrons. The van der Waals surface area contributed by atoms with Crippen molar-refractivity contribution < 1.29 is 4.74 Å². The summed E-state index contributed by atoms with van der Waals surface area (Å²) in [5.74, 6) is 0.832. The molecule has 2 N–H and O–H groups in total. The Kier molecular flexibility index (Phi) is 12.5. The number of pyridine rings is 1. The summed E-state index contributed by atoms with van der Waals surface area (Å²) in [5.41, 5.74) is 1.08. The molecule has 0 atom stereocenters. The number of guanidine groups is 1. The van der Waals surface area contributed by atoms with Gasteiger partial charge in [-0.25, -0.2) is 0 Å². The van der Waals surface area contributed by atoms with Crippen LogP contribution in [0, 0.1) is 0 Å². The Bertz CT molecular complexity index is 359. The lowest BCUT2D eigenvalue weighted by molar-refractivity contribution is 0.155. The average Bonchev–Trinajstić information content (AvgIpc) is 2.44. The van der Waals surface area contributed by atoms with Gasteiger partial charge in [0.25, 0.3) is 0 Å². The van der Waals surface area contributed by atoms with E-state index in [2.05, 4.69) is 27.5 Å². The Balaban J connectivity index is 0.00000361. The number of nitrogens with zero attached hydrogens (tertiary/aromatic N) is 2. The molecule has 1 heterocycles. The summed E-state index contributed by atoms with van der Waals surface area (Å²) in [6.07, 6.45) is 2.70. The predicted octanol–water partition coefficient (Wildman–Crippen LogP) is 1.83. The topological polar surface area (TPSA) is 58.5 Å². The molecule has 0 saturated carbocycles. The SMILES string of the molecule is CCNC(=NCCOCC)NCCc1ccccn1.I. The molecule has 0 fully saturated rings. The Morgan fingerprint density at radius 1 is 1.30 bits per heavy atom. The highest BCUT2D eigenvalue weighted by Crippen LogP contribution is 1.92. The van der Waals surface area contributed by atoms with Gasteiger partial charge < -0.3 is 15.4 Å². The van der Waals surface area contributed by atoms with E-state index in [-0.39, 0.29) is 24.0 Å². The summed E-state index contributed by atoms with van der Waals surface area (Å²) >= 11 is 0. The van der Waals surface area contributed by atoms with E-state index in [1.54, 1.807) is 0 Å². The summed E-state index contributed by atoms with van der Waals surface area (Å²) < 4.78 is 5.26. The van der Waals surface area contributed by atoms with Crippen LogP contribution in [0.3, 0.4) is 0 Å². The standard InChI is InChI=1S/C14H24N4O.HI/c1-3-15-14(18-11-12-19-4-2)17-10-8-13-7-5-6-9-16-13;/h5-7,9H,3-4,8,10-12H2,1-2H3,(H2,15,17,18);1H. The molecule has 0 unspecified atom stereocenters. The van der Waals surface area contributed by atoms with Crippen molar-refractivity contribution in [3.63, 3.8) is 0 Å². The van der Waals surface area contributed by atoms with Crippen LogP contribution in [-0.4, -0.2) is 43.8 Å². The van der Waals surface area contributed by atoms with Crippen LogP contribution in [0.15, 0.2) is 29.4 Å². The molecule has 0 aliphatic carbocycles. The van der Waals surface area contributed by atoms with E-state index in [4.69, 9.17) is 4.74 Å². The minimum Gasteiger partial charge on any atom is -0.380 e. The quantitative estimate of drug-likeness (QED) is 0.307. The number of halogens is 1. The zero-order chi connectivity index (χ0) is 13.8. The Labute approximate surface area is 138 Å². The monoisotopic (exact) mass is 392 g/mol. The highest BCUT2D eigenvalue weighted by atomic mass is 127. The molecule has 20 heavy (non-hydrogen) atoms. The van der Waals surface area contributed by atoms with Gasteiger partial charge in [0, 0.05) is 38.0 Å². The highest BCUT2D eigenvalue weighted by Gasteiger charge is 1.97. The van der Waals surface area contributed by atoms with E-state index in [9.17, 15) is 0 Å². The fraction of sp³-hybridized carbons (Fsp3) is 0.571. The maximum absolute atomic E-state index is 5.26. The van der Waals surface area contributed by atoms with Gasteiger partial charge >= 0.3 is 0 Å². The first kappa shape index (κ1) is 19.1. The van der Waals surface area contributed by atoms with Crippen LogP contribution in [0.5, 0.6) is 0 Å². The second kappa shape index (κ2) is 13.1. The van der Waals surface area contributed by atoms with Crippen molar-refractivity contribution in [3.8, 4) is 0 Å². The summed E-state index contributed by atoms with van der Waals surface area (Å²) in [6.45, 7) is 7.78. The van der Waals surface area contributed by atoms with Crippen LogP contribution in [-0.2, 0) is 11.2 Å². The van der Waals surface area contributed by atoms with Gasteiger partial charge in [-0.15, -0.1) is 24.0 Å². The molecule has 0 saturated heterocycles. The van der Waals surface area contributed by atoms with Crippen LogP contribution in [0.2, 0.25) is 0 Å². The Morgan fingerprint density at radius 3 is 2.80 bits per heavy atom. The average molecular weight is 392 g/mol. The van der Waals surface area contributed by atoms with Gasteiger partial charge in [0.1, 0.15) is 0 Å². The van der Waals surface area contributed by atoms with Gasteiger partial charge in [0.2, 0.25) is 0 Å². The van der Waals surface area contributed by atoms with E-state index < -0.39 is 0 Å². The van der Waals surface area contributed by atoms with Crippen molar-refractivity contribution in [1.82, 2.24) is 15.6 Å². The first-order valence-electron chi connectivity index (χ1n) is 6.86. The van der Waals surface area contributed by atoms with Crippen LogP contribution >= 0.6 is 24.0 Å². The highest BCUT2D eigenvalue weighted by molar-refractivity contribution is 14.0. The van der Waals surface area contributed by atoms with Crippen LogP contribution < -0.4 is 10.6 Å². The van der Waals surface area contributed by atoms with Crippen molar-refractivity contribution in [1.29, 1.82) is 0 Å². The minimum atomic E-state index is 0. The zero-order valence-electron chi connectivity index (χ0n) is 12.3. The number of aromatic nitrogens is 1. The molecule has 1 aromatic rings. The third-order valence-electron chi connectivity index (χ3n) is 2.45. The molecule has 0 aromatic carbocycles. The molecule has 0 spiro atoms. The van der Waals surface area contributed by atoms with Crippen molar-refractivity contribution in [2.75, 3.05) is 32.8 Å². The molecule has 1 aromatic heterocycles. The van der Waals surface area contributed by atoms with Gasteiger partial charge in [-0.2, -0.15) is 0 Å². The maximum atomic E-state index is 5.26. The molecular formula is C14H25IN4O. The summed E-state index contributed by atoms with van der Waals surface area (Å²) in [6, 6.07) is 5.96. The van der Waals surface area contributed by atoms with Crippen molar-refractivity contribution in [2.24, 2.45) is 4.99 Å². The molecule has 6 heteroatoms. The number of nitrogens with one attached hydrogen (secondary N) is 2. The van der Waals surface area contributed by atoms with Crippen molar-refractivity contribution in [3.05, 3.63) is 30.1 Å². The summed E-state index contributed by atoms with van der Waals surface area (Å²) in [7, 11) is 0. The van der Waals surface area contributed by atoms with E-state index in [0.29, 0.717) is 13.2 Å². The fourth-order valence-electron chi connectivity index (χ4n) is 1.56. The lowest BCUT2D eigenvalue weighted by Crippen LogP contribution is -2.38. The van der Waals surface area contributed by atoms with E-state index >= 15 is 0 Å². The number of hydrogen-bond donors (Lipinski definition) is 2. The van der Waals surface area contributed by atoms with Gasteiger partial charge in [0.05, 0.1) is 13.2 Å². The van der Waals surface area contributed by atoms with Crippen molar-refractivity contribution >= 4 is 29.9 Å². The second-order valence-corrected chi connectivity index (χ2v) is 3.96. The minimum absolute atomic E-state index is 0. The molecule has 0 amide bonds. The van der Waals surface area contributed by atoms with E-state index in [0.717, 1.165) is 37.8 Å². The van der Waals surface area contributed by atoms with Crippen LogP contribution in [0.25, 0.3) is 0 Å². The molecular weight excluding hydrogens is 367 g/mol. The smallest absolute Gasteiger partial charge is 0.191 e. The lowest BCUT2D eigenvalue weighted by Gasteiger charge is -2.11. The van der Waals surface area contributed by atoms with Gasteiger partial charge in [0.15, 0.2) is 5.96 Å². The molecule has 5 nitrogen and oxygen atoms in total. The number of ether oxygens (including phenoxy) is 1. The van der Waals surface area contributed by atoms with Gasteiger partial charge in [-0.05, 0) is 26.0 Å². The molecule has 1 rings (SSSR count). The van der Waals surface area contributed by atoms with Crippen LogP contribution in [0.1, 0.15) is 19.5 Å². The maximum Gasteiger partial charge on any atom is 0.191 e. The Hall–Kier alpha value is -0.890. The fourth-order valence-corrected chi connectivity index (χ4v) is 1.56. The number of aliphatic imine (C=N–C) groups is 1. The van der Waals surface area contributed by atoms with E-state index in [1.807, 2.05) is 31.3 Å². The van der Waals surface area contributed by atoms with Gasteiger partial charge in [-0.3, -0.25) is 9.98 Å². The van der Waals surface area contributed by atoms with Crippen LogP contribution in [0.4, 0.5) is 0 Å². The predicted molar refractivity (Wildman–Crippen MR) is 93.8 cm³/mol. The molecule has 0 bridgehead atoms. The normalized spacial score (nSPS) is 10.8. The molecule has 114 valence electrons. The largest absolute Gasteiger partial charge is 0.380 e. The second-order valence-electron chi connectivity index (χ2n) is 3.96. The van der Waals surface area contributed by atoms with Gasteiger partial charge in [-0.1, -0.05) is 6.07 Å². The molecule has 0 aliphatic rings.